The lowest BCUT2D eigenvalue weighted by molar-refractivity contribution is 0.665. The summed E-state index contributed by atoms with van der Waals surface area (Å²) in [6, 6.07) is 67.1. The van der Waals surface area contributed by atoms with Crippen molar-refractivity contribution in [3.05, 3.63) is 199 Å². The zero-order valence-corrected chi connectivity index (χ0v) is 30.3. The highest BCUT2D eigenvalue weighted by Gasteiger charge is 2.28. The first kappa shape index (κ1) is 31.0. The minimum atomic E-state index is -0.200. The van der Waals surface area contributed by atoms with Gasteiger partial charge in [-0.25, -0.2) is 4.99 Å². The van der Waals surface area contributed by atoms with Gasteiger partial charge < -0.3 is 9.73 Å². The number of benzene rings is 9. The average molecular weight is 716 g/mol. The molecule has 1 aliphatic heterocycles. The topological polar surface area (TPSA) is 42.5 Å². The molecule has 262 valence electrons. The molecule has 1 N–H and O–H groups in total. The van der Waals surface area contributed by atoms with Gasteiger partial charge in [-0.2, -0.15) is 0 Å². The number of rotatable bonds is 3. The molecular formula is C52H33N3O. The number of nitrogens with one attached hydrogen (secondary N) is 1. The first-order valence-corrected chi connectivity index (χ1v) is 19.2. The van der Waals surface area contributed by atoms with E-state index in [1.54, 1.807) is 0 Å². The van der Waals surface area contributed by atoms with Crippen LogP contribution >= 0.6 is 0 Å². The van der Waals surface area contributed by atoms with Crippen molar-refractivity contribution in [2.24, 2.45) is 4.99 Å². The van der Waals surface area contributed by atoms with Crippen molar-refractivity contribution in [3.63, 3.8) is 0 Å². The predicted molar refractivity (Wildman–Crippen MR) is 233 cm³/mol. The molecule has 2 aromatic heterocycles. The smallest absolute Gasteiger partial charge is 0.209 e. The Kier molecular flexibility index (Phi) is 6.66. The van der Waals surface area contributed by atoms with Crippen molar-refractivity contribution >= 4 is 76.9 Å². The van der Waals surface area contributed by atoms with Crippen molar-refractivity contribution in [2.45, 2.75) is 6.04 Å². The Balaban J connectivity index is 1.09. The Bertz CT molecular complexity index is 3390. The Morgan fingerprint density at radius 2 is 1.16 bits per heavy atom. The highest BCUT2D eigenvalue weighted by molar-refractivity contribution is 6.24. The van der Waals surface area contributed by atoms with E-state index in [0.29, 0.717) is 0 Å². The van der Waals surface area contributed by atoms with Gasteiger partial charge in [0, 0.05) is 27.1 Å². The van der Waals surface area contributed by atoms with Crippen LogP contribution in [0.15, 0.2) is 197 Å². The quantitative estimate of drug-likeness (QED) is 0.198. The van der Waals surface area contributed by atoms with Crippen molar-refractivity contribution < 1.29 is 4.42 Å². The van der Waals surface area contributed by atoms with Crippen molar-refractivity contribution in [3.8, 4) is 22.3 Å². The first-order chi connectivity index (χ1) is 27.7. The van der Waals surface area contributed by atoms with E-state index in [2.05, 4.69) is 198 Å². The summed E-state index contributed by atoms with van der Waals surface area (Å²) in [7, 11) is 0. The molecule has 0 spiro atoms. The van der Waals surface area contributed by atoms with Crippen molar-refractivity contribution in [2.75, 3.05) is 0 Å². The normalized spacial score (nSPS) is 14.1. The van der Waals surface area contributed by atoms with Crippen molar-refractivity contribution in [1.29, 1.82) is 0 Å². The van der Waals surface area contributed by atoms with Gasteiger partial charge in [-0.3, -0.25) is 4.57 Å². The van der Waals surface area contributed by atoms with Crippen LogP contribution in [0.3, 0.4) is 0 Å². The Morgan fingerprint density at radius 3 is 2.00 bits per heavy atom. The molecule has 0 aliphatic carbocycles. The molecule has 0 bridgehead atoms. The molecule has 4 nitrogen and oxygen atoms in total. The fraction of sp³-hybridized carbons (Fsp3) is 0.0192. The highest BCUT2D eigenvalue weighted by Crippen LogP contribution is 2.44. The van der Waals surface area contributed by atoms with Gasteiger partial charge in [-0.05, 0) is 97.9 Å². The summed E-state index contributed by atoms with van der Waals surface area (Å²) in [6.45, 7) is 0. The molecule has 12 rings (SSSR count). The van der Waals surface area contributed by atoms with E-state index in [-0.39, 0.29) is 6.04 Å². The molecule has 9 aromatic carbocycles. The fourth-order valence-electron chi connectivity index (χ4n) is 9.02. The van der Waals surface area contributed by atoms with Gasteiger partial charge in [0.2, 0.25) is 5.96 Å². The van der Waals surface area contributed by atoms with Crippen LogP contribution in [0.1, 0.15) is 17.2 Å². The van der Waals surface area contributed by atoms with E-state index in [9.17, 15) is 0 Å². The molecule has 1 aliphatic rings. The molecule has 0 saturated carbocycles. The van der Waals surface area contributed by atoms with Crippen LogP contribution in [-0.4, -0.2) is 10.5 Å². The lowest BCUT2D eigenvalue weighted by Gasteiger charge is -2.29. The van der Waals surface area contributed by atoms with Gasteiger partial charge in [0.15, 0.2) is 0 Å². The highest BCUT2D eigenvalue weighted by atomic mass is 16.3. The second kappa shape index (κ2) is 12.0. The fourth-order valence-corrected chi connectivity index (χ4v) is 9.02. The number of furan rings is 1. The summed E-state index contributed by atoms with van der Waals surface area (Å²) in [5, 5.41) is 13.4. The third-order valence-corrected chi connectivity index (χ3v) is 11.6. The van der Waals surface area contributed by atoms with E-state index in [4.69, 9.17) is 9.41 Å². The SMILES string of the molecule is c1ccc(-c2ccc3c(c2)c2c4ccccc4ccc2n3C2=Nc3ccccc3C(c3cc(-c4ccccc4)c4c(c3)oc3cc5ccccc5cc34)N2)cc1. The van der Waals surface area contributed by atoms with Gasteiger partial charge in [0.1, 0.15) is 11.2 Å². The van der Waals surface area contributed by atoms with E-state index in [1.807, 2.05) is 0 Å². The molecule has 0 fully saturated rings. The third kappa shape index (κ3) is 4.69. The molecule has 1 unspecified atom stereocenters. The lowest BCUT2D eigenvalue weighted by Crippen LogP contribution is -2.36. The summed E-state index contributed by atoms with van der Waals surface area (Å²) in [5.74, 6) is 0.786. The molecule has 56 heavy (non-hydrogen) atoms. The molecule has 0 radical (unpaired) electrons. The molecule has 4 heteroatoms. The average Bonchev–Trinajstić information content (AvgIpc) is 3.80. The van der Waals surface area contributed by atoms with Crippen LogP contribution in [0.25, 0.3) is 87.5 Å². The van der Waals surface area contributed by atoms with Crippen LogP contribution in [-0.2, 0) is 0 Å². The van der Waals surface area contributed by atoms with E-state index < -0.39 is 0 Å². The minimum Gasteiger partial charge on any atom is -0.456 e. The molecule has 11 aromatic rings. The van der Waals surface area contributed by atoms with Crippen LogP contribution in [0.4, 0.5) is 5.69 Å². The van der Waals surface area contributed by atoms with Gasteiger partial charge >= 0.3 is 0 Å². The predicted octanol–water partition coefficient (Wildman–Crippen LogP) is 13.6. The molecular weight excluding hydrogens is 683 g/mol. The molecule has 0 saturated heterocycles. The largest absolute Gasteiger partial charge is 0.456 e. The number of hydrogen-bond acceptors (Lipinski definition) is 3. The molecule has 0 amide bonds. The number of aliphatic imine (C=N–C) groups is 1. The van der Waals surface area contributed by atoms with E-state index >= 15 is 0 Å². The third-order valence-electron chi connectivity index (χ3n) is 11.6. The summed E-state index contributed by atoms with van der Waals surface area (Å²) < 4.78 is 9.10. The maximum atomic E-state index is 6.78. The van der Waals surface area contributed by atoms with Crippen LogP contribution in [0.5, 0.6) is 0 Å². The Morgan fingerprint density at radius 1 is 0.464 bits per heavy atom. The van der Waals surface area contributed by atoms with Crippen LogP contribution < -0.4 is 5.32 Å². The number of para-hydroxylation sites is 1. The van der Waals surface area contributed by atoms with Gasteiger partial charge in [-0.15, -0.1) is 0 Å². The van der Waals surface area contributed by atoms with E-state index in [1.165, 1.54) is 43.4 Å². The number of nitrogens with zero attached hydrogens (tertiary/aromatic N) is 2. The Hall–Kier alpha value is -7.43. The van der Waals surface area contributed by atoms with Gasteiger partial charge in [0.05, 0.1) is 22.8 Å². The first-order valence-electron chi connectivity index (χ1n) is 19.2. The zero-order valence-electron chi connectivity index (χ0n) is 30.3. The maximum absolute atomic E-state index is 6.78. The van der Waals surface area contributed by atoms with Gasteiger partial charge in [0.25, 0.3) is 0 Å². The summed E-state index contributed by atoms with van der Waals surface area (Å²) >= 11 is 0. The Labute approximate surface area is 322 Å². The molecule has 1 atom stereocenters. The number of aromatic nitrogens is 1. The summed E-state index contributed by atoms with van der Waals surface area (Å²) in [4.78, 5) is 5.38. The van der Waals surface area contributed by atoms with Crippen LogP contribution in [0, 0.1) is 0 Å². The maximum Gasteiger partial charge on any atom is 0.209 e. The van der Waals surface area contributed by atoms with Gasteiger partial charge in [-0.1, -0.05) is 140 Å². The number of fused-ring (bicyclic) bond motifs is 10. The van der Waals surface area contributed by atoms with Crippen LogP contribution in [0.2, 0.25) is 0 Å². The molecule has 3 heterocycles. The summed E-state index contributed by atoms with van der Waals surface area (Å²) in [5.41, 5.74) is 11.8. The lowest BCUT2D eigenvalue weighted by atomic mass is 9.90. The summed E-state index contributed by atoms with van der Waals surface area (Å²) in [6.07, 6.45) is 0. The second-order valence-corrected chi connectivity index (χ2v) is 14.8. The van der Waals surface area contributed by atoms with E-state index in [0.717, 1.165) is 66.9 Å². The minimum absolute atomic E-state index is 0.200. The standard InChI is InChI=1S/C52H33N3O/c1-3-13-32(14-4-1)37-24-25-45-42(27-37)49-39-20-10-9-17-34(39)23-26-46(49)55(45)52-53-44-22-12-11-21-40(44)51(54-52)38-29-41(33-15-5-2-6-16-33)50-43-28-35-18-7-8-19-36(35)30-47(43)56-48(50)31-38/h1-31,51H,(H,53,54). The van der Waals surface area contributed by atoms with Crippen molar-refractivity contribution in [1.82, 2.24) is 9.88 Å². The number of hydrogen-bond donors (Lipinski definition) is 1. The monoisotopic (exact) mass is 715 g/mol. The zero-order chi connectivity index (χ0) is 36.7. The second-order valence-electron chi connectivity index (χ2n) is 14.8.